The number of hydrogen-bond acceptors (Lipinski definition) is 3. The Hall–Kier alpha value is -2.11. The molecule has 0 spiro atoms. The Morgan fingerprint density at radius 2 is 1.83 bits per heavy atom. The molecule has 2 aliphatic rings. The van der Waals surface area contributed by atoms with Gasteiger partial charge in [-0.15, -0.1) is 0 Å². The number of nitrogens with one attached hydrogen (secondary N) is 1. The van der Waals surface area contributed by atoms with Crippen LogP contribution in [0.1, 0.15) is 27.9 Å². The molecule has 2 aromatic rings. The Balaban J connectivity index is 1.22. The van der Waals surface area contributed by atoms with Crippen molar-refractivity contribution < 1.29 is 9.18 Å². The van der Waals surface area contributed by atoms with Crippen LogP contribution in [0.3, 0.4) is 0 Å². The summed E-state index contributed by atoms with van der Waals surface area (Å²) in [7, 11) is 0. The van der Waals surface area contributed by atoms with E-state index in [2.05, 4.69) is 16.3 Å². The summed E-state index contributed by atoms with van der Waals surface area (Å²) in [6.07, 6.45) is 1.06. The lowest BCUT2D eigenvalue weighted by Crippen LogP contribution is -2.34. The summed E-state index contributed by atoms with van der Waals surface area (Å²) >= 11 is 6.18. The van der Waals surface area contributed by atoms with Crippen LogP contribution in [-0.4, -0.2) is 55.0 Å². The molecule has 0 aliphatic carbocycles. The molecule has 2 aromatic carbocycles. The second-order valence-corrected chi connectivity index (χ2v) is 9.12. The molecule has 4 rings (SSSR count). The summed E-state index contributed by atoms with van der Waals surface area (Å²) in [4.78, 5) is 17.1. The molecular formula is C24H29ClFN3O. The molecule has 1 N–H and O–H groups in total. The molecule has 2 unspecified atom stereocenters. The van der Waals surface area contributed by atoms with Crippen LogP contribution in [-0.2, 0) is 0 Å². The lowest BCUT2D eigenvalue weighted by atomic mass is 10.0. The van der Waals surface area contributed by atoms with Crippen LogP contribution >= 0.6 is 11.6 Å². The van der Waals surface area contributed by atoms with Crippen LogP contribution in [0.2, 0.25) is 5.02 Å². The second-order valence-electron chi connectivity index (χ2n) is 8.72. The maximum Gasteiger partial charge on any atom is 0.256 e. The maximum absolute atomic E-state index is 14.1. The summed E-state index contributed by atoms with van der Waals surface area (Å²) in [5.74, 6) is 0.390. The number of fused-ring (bicyclic) bond motifs is 1. The zero-order valence-electron chi connectivity index (χ0n) is 17.6. The molecule has 1 amide bonds. The standard InChI is InChI=1S/C24H29ClFN3O/c1-16-4-7-23(26)21(10-16)24(30)29-14-18-12-28(13-19(18)15-29)9-3-8-27-20-6-5-17(2)22(25)11-20/h4-7,10-11,18-19,27H,3,8-9,12-15H2,1-2H3. The highest BCUT2D eigenvalue weighted by molar-refractivity contribution is 6.31. The molecule has 2 saturated heterocycles. The fourth-order valence-corrected chi connectivity index (χ4v) is 4.83. The van der Waals surface area contributed by atoms with Crippen molar-refractivity contribution >= 4 is 23.2 Å². The van der Waals surface area contributed by atoms with Crippen LogP contribution in [0.25, 0.3) is 0 Å². The number of rotatable bonds is 6. The predicted molar refractivity (Wildman–Crippen MR) is 120 cm³/mol. The van der Waals surface area contributed by atoms with Gasteiger partial charge in [0.1, 0.15) is 5.82 Å². The first-order valence-corrected chi connectivity index (χ1v) is 11.1. The van der Waals surface area contributed by atoms with E-state index in [4.69, 9.17) is 11.6 Å². The van der Waals surface area contributed by atoms with Crippen molar-refractivity contribution in [1.82, 2.24) is 9.80 Å². The molecule has 4 nitrogen and oxygen atoms in total. The number of hydrogen-bond donors (Lipinski definition) is 1. The van der Waals surface area contributed by atoms with Crippen molar-refractivity contribution in [2.45, 2.75) is 20.3 Å². The van der Waals surface area contributed by atoms with E-state index in [0.717, 1.165) is 67.5 Å². The van der Waals surface area contributed by atoms with Gasteiger partial charge in [0.2, 0.25) is 0 Å². The van der Waals surface area contributed by atoms with Crippen molar-refractivity contribution in [2.75, 3.05) is 44.6 Å². The molecule has 0 radical (unpaired) electrons. The summed E-state index contributed by atoms with van der Waals surface area (Å²) in [6.45, 7) is 9.32. The maximum atomic E-state index is 14.1. The molecular weight excluding hydrogens is 401 g/mol. The Morgan fingerprint density at radius 3 is 2.53 bits per heavy atom. The van der Waals surface area contributed by atoms with E-state index in [9.17, 15) is 9.18 Å². The molecule has 6 heteroatoms. The number of benzene rings is 2. The number of halogens is 2. The van der Waals surface area contributed by atoms with Gasteiger partial charge in [0.15, 0.2) is 0 Å². The van der Waals surface area contributed by atoms with E-state index in [1.807, 2.05) is 30.9 Å². The quantitative estimate of drug-likeness (QED) is 0.681. The molecule has 2 aliphatic heterocycles. The molecule has 0 bridgehead atoms. The van der Waals surface area contributed by atoms with Gasteiger partial charge >= 0.3 is 0 Å². The summed E-state index contributed by atoms with van der Waals surface area (Å²) in [6, 6.07) is 10.8. The third-order valence-electron chi connectivity index (χ3n) is 6.35. The highest BCUT2D eigenvalue weighted by Gasteiger charge is 2.41. The minimum Gasteiger partial charge on any atom is -0.385 e. The Labute approximate surface area is 183 Å². The summed E-state index contributed by atoms with van der Waals surface area (Å²) in [5.41, 5.74) is 3.26. The first kappa shape index (κ1) is 21.1. The number of carbonyl (C=O) groups is 1. The lowest BCUT2D eigenvalue weighted by molar-refractivity contribution is 0.0769. The third kappa shape index (κ3) is 4.62. The summed E-state index contributed by atoms with van der Waals surface area (Å²) < 4.78 is 14.1. The van der Waals surface area contributed by atoms with E-state index >= 15 is 0 Å². The molecule has 0 saturated carbocycles. The minimum atomic E-state index is -0.424. The van der Waals surface area contributed by atoms with Gasteiger partial charge in [-0.25, -0.2) is 4.39 Å². The molecule has 2 atom stereocenters. The summed E-state index contributed by atoms with van der Waals surface area (Å²) in [5, 5.41) is 4.23. The normalized spacial score (nSPS) is 21.1. The van der Waals surface area contributed by atoms with Gasteiger partial charge in [0.25, 0.3) is 5.91 Å². The lowest BCUT2D eigenvalue weighted by Gasteiger charge is -2.22. The van der Waals surface area contributed by atoms with E-state index < -0.39 is 5.82 Å². The molecule has 0 aromatic heterocycles. The van der Waals surface area contributed by atoms with Crippen LogP contribution in [0.15, 0.2) is 36.4 Å². The zero-order valence-corrected chi connectivity index (χ0v) is 18.4. The third-order valence-corrected chi connectivity index (χ3v) is 6.76. The van der Waals surface area contributed by atoms with Gasteiger partial charge in [0.05, 0.1) is 5.56 Å². The van der Waals surface area contributed by atoms with Crippen molar-refractivity contribution in [3.05, 3.63) is 63.9 Å². The van der Waals surface area contributed by atoms with Crippen molar-refractivity contribution in [3.63, 3.8) is 0 Å². The van der Waals surface area contributed by atoms with E-state index in [1.165, 1.54) is 6.07 Å². The van der Waals surface area contributed by atoms with Crippen molar-refractivity contribution in [3.8, 4) is 0 Å². The number of amides is 1. The number of nitrogens with zero attached hydrogens (tertiary/aromatic N) is 2. The van der Waals surface area contributed by atoms with Gasteiger partial charge in [0, 0.05) is 43.4 Å². The molecule has 160 valence electrons. The highest BCUT2D eigenvalue weighted by Crippen LogP contribution is 2.32. The number of carbonyl (C=O) groups excluding carboxylic acids is 1. The average molecular weight is 430 g/mol. The van der Waals surface area contributed by atoms with Crippen LogP contribution in [0.5, 0.6) is 0 Å². The largest absolute Gasteiger partial charge is 0.385 e. The fourth-order valence-electron chi connectivity index (χ4n) is 4.65. The van der Waals surface area contributed by atoms with Crippen LogP contribution in [0, 0.1) is 31.5 Å². The first-order valence-electron chi connectivity index (χ1n) is 10.7. The van der Waals surface area contributed by atoms with E-state index in [-0.39, 0.29) is 11.5 Å². The van der Waals surface area contributed by atoms with Gasteiger partial charge in [-0.2, -0.15) is 0 Å². The van der Waals surface area contributed by atoms with E-state index in [0.29, 0.717) is 11.8 Å². The highest BCUT2D eigenvalue weighted by atomic mass is 35.5. The van der Waals surface area contributed by atoms with Gasteiger partial charge in [-0.1, -0.05) is 29.3 Å². The molecule has 2 fully saturated rings. The van der Waals surface area contributed by atoms with E-state index in [1.54, 1.807) is 12.1 Å². The average Bonchev–Trinajstić information content (AvgIpc) is 3.28. The number of aryl methyl sites for hydroxylation is 2. The topological polar surface area (TPSA) is 35.6 Å². The predicted octanol–water partition coefficient (Wildman–Crippen LogP) is 4.60. The smallest absolute Gasteiger partial charge is 0.256 e. The fraction of sp³-hybridized carbons (Fsp3) is 0.458. The Bertz CT molecular complexity index is 921. The molecule has 30 heavy (non-hydrogen) atoms. The molecule has 2 heterocycles. The number of anilines is 1. The van der Waals surface area contributed by atoms with Gasteiger partial charge in [-0.3, -0.25) is 4.79 Å². The van der Waals surface area contributed by atoms with Crippen LogP contribution < -0.4 is 5.32 Å². The van der Waals surface area contributed by atoms with Gasteiger partial charge in [-0.05, 0) is 68.5 Å². The Morgan fingerprint density at radius 1 is 1.10 bits per heavy atom. The van der Waals surface area contributed by atoms with Gasteiger partial charge < -0.3 is 15.1 Å². The minimum absolute atomic E-state index is 0.168. The van der Waals surface area contributed by atoms with Crippen molar-refractivity contribution in [1.29, 1.82) is 0 Å². The van der Waals surface area contributed by atoms with Crippen LogP contribution in [0.4, 0.5) is 10.1 Å². The SMILES string of the molecule is Cc1ccc(F)c(C(=O)N2CC3CN(CCCNc4ccc(C)c(Cl)c4)CC3C2)c1. The first-order chi connectivity index (χ1) is 14.4. The second kappa shape index (κ2) is 8.94. The monoisotopic (exact) mass is 429 g/mol. The Kier molecular flexibility index (Phi) is 6.30. The zero-order chi connectivity index (χ0) is 21.3. The van der Waals surface area contributed by atoms with Crippen molar-refractivity contribution in [2.24, 2.45) is 11.8 Å². The number of likely N-dealkylation sites (tertiary alicyclic amines) is 2.